The summed E-state index contributed by atoms with van der Waals surface area (Å²) in [5, 5.41) is 10.7. The smallest absolute Gasteiger partial charge is 0.399 e. The molecule has 1 aliphatic rings. The Bertz CT molecular complexity index is 860. The summed E-state index contributed by atoms with van der Waals surface area (Å²) in [5.74, 6) is 6.04. The molecular formula is C20H24BNO3S. The van der Waals surface area contributed by atoms with Crippen LogP contribution in [0.25, 0.3) is 0 Å². The average Bonchev–Trinajstić information content (AvgIpc) is 3.07. The first kappa shape index (κ1) is 19.1. The van der Waals surface area contributed by atoms with Crippen LogP contribution in [0.1, 0.15) is 50.8 Å². The molecule has 0 aliphatic carbocycles. The number of hydrogen-bond acceptors (Lipinski definition) is 5. The predicted molar refractivity (Wildman–Crippen MR) is 105 cm³/mol. The molecule has 0 radical (unpaired) electrons. The van der Waals surface area contributed by atoms with Crippen LogP contribution in [0.4, 0.5) is 0 Å². The van der Waals surface area contributed by atoms with Gasteiger partial charge in [0.2, 0.25) is 0 Å². The number of benzene rings is 1. The Labute approximate surface area is 159 Å². The molecule has 3 rings (SSSR count). The fourth-order valence-electron chi connectivity index (χ4n) is 2.76. The molecule has 1 saturated heterocycles. The van der Waals surface area contributed by atoms with Crippen molar-refractivity contribution in [3.8, 4) is 11.8 Å². The van der Waals surface area contributed by atoms with E-state index in [9.17, 15) is 5.11 Å². The zero-order valence-electron chi connectivity index (χ0n) is 16.1. The van der Waals surface area contributed by atoms with Crippen LogP contribution < -0.4 is 5.46 Å². The van der Waals surface area contributed by atoms with Crippen molar-refractivity contribution in [2.75, 3.05) is 0 Å². The van der Waals surface area contributed by atoms with Crippen LogP contribution in [0.15, 0.2) is 29.8 Å². The van der Waals surface area contributed by atoms with Gasteiger partial charge < -0.3 is 14.4 Å². The van der Waals surface area contributed by atoms with Crippen LogP contribution in [0.2, 0.25) is 0 Å². The first-order valence-electron chi connectivity index (χ1n) is 8.63. The van der Waals surface area contributed by atoms with E-state index in [1.165, 1.54) is 11.3 Å². The summed E-state index contributed by atoms with van der Waals surface area (Å²) in [7, 11) is -0.425. The van der Waals surface area contributed by atoms with Crippen LogP contribution in [-0.2, 0) is 14.9 Å². The van der Waals surface area contributed by atoms with E-state index in [1.807, 2.05) is 58.9 Å². The summed E-state index contributed by atoms with van der Waals surface area (Å²) in [6.45, 7) is 11.7. The molecule has 2 heterocycles. The van der Waals surface area contributed by atoms with Gasteiger partial charge in [-0.1, -0.05) is 24.0 Å². The largest absolute Gasteiger partial charge is 0.494 e. The zero-order chi connectivity index (χ0) is 19.2. The maximum Gasteiger partial charge on any atom is 0.494 e. The minimum absolute atomic E-state index is 0.382. The first-order chi connectivity index (χ1) is 12.0. The zero-order valence-corrected chi connectivity index (χ0v) is 16.9. The highest BCUT2D eigenvalue weighted by Gasteiger charge is 2.51. The lowest BCUT2D eigenvalue weighted by Gasteiger charge is -2.32. The van der Waals surface area contributed by atoms with E-state index in [-0.39, 0.29) is 11.2 Å². The molecule has 0 unspecified atom stereocenters. The molecule has 1 atom stereocenters. The normalized spacial score (nSPS) is 20.3. The Morgan fingerprint density at radius 1 is 1.19 bits per heavy atom. The topological polar surface area (TPSA) is 51.6 Å². The maximum atomic E-state index is 10.7. The van der Waals surface area contributed by atoms with Crippen LogP contribution in [-0.4, -0.2) is 28.4 Å². The highest BCUT2D eigenvalue weighted by atomic mass is 32.1. The second-order valence-electron chi connectivity index (χ2n) is 7.80. The summed E-state index contributed by atoms with van der Waals surface area (Å²) < 4.78 is 12.2. The van der Waals surface area contributed by atoms with Gasteiger partial charge in [0.05, 0.1) is 27.3 Å². The van der Waals surface area contributed by atoms with Crippen molar-refractivity contribution in [2.24, 2.45) is 0 Å². The molecule has 0 spiro atoms. The molecule has 6 heteroatoms. The Balaban J connectivity index is 1.85. The summed E-state index contributed by atoms with van der Waals surface area (Å²) >= 11 is 1.41. The van der Waals surface area contributed by atoms with E-state index in [2.05, 4.69) is 16.8 Å². The Morgan fingerprint density at radius 2 is 1.85 bits per heavy atom. The molecule has 0 saturated carbocycles. The van der Waals surface area contributed by atoms with Crippen molar-refractivity contribution >= 4 is 23.9 Å². The van der Waals surface area contributed by atoms with E-state index in [0.29, 0.717) is 0 Å². The van der Waals surface area contributed by atoms with Crippen LogP contribution in [0.5, 0.6) is 0 Å². The Kier molecular flexibility index (Phi) is 4.79. The number of aryl methyl sites for hydroxylation is 1. The second-order valence-corrected chi connectivity index (χ2v) is 8.66. The molecular weight excluding hydrogens is 345 g/mol. The number of rotatable bonds is 2. The third-order valence-corrected chi connectivity index (χ3v) is 6.19. The summed E-state index contributed by atoms with van der Waals surface area (Å²) in [6, 6.07) is 7.76. The van der Waals surface area contributed by atoms with Crippen molar-refractivity contribution in [2.45, 2.75) is 58.3 Å². The van der Waals surface area contributed by atoms with E-state index in [1.54, 1.807) is 12.4 Å². The molecule has 4 nitrogen and oxygen atoms in total. The third-order valence-electron chi connectivity index (χ3n) is 5.05. The molecule has 1 N–H and O–H groups in total. The van der Waals surface area contributed by atoms with E-state index < -0.39 is 12.7 Å². The van der Waals surface area contributed by atoms with Gasteiger partial charge in [0.1, 0.15) is 0 Å². The highest BCUT2D eigenvalue weighted by molar-refractivity contribution is 7.09. The second kappa shape index (κ2) is 6.51. The highest BCUT2D eigenvalue weighted by Crippen LogP contribution is 2.36. The van der Waals surface area contributed by atoms with E-state index in [4.69, 9.17) is 9.31 Å². The van der Waals surface area contributed by atoms with Crippen LogP contribution in [0.3, 0.4) is 0 Å². The molecule has 0 amide bonds. The van der Waals surface area contributed by atoms with Gasteiger partial charge in [0, 0.05) is 5.56 Å². The van der Waals surface area contributed by atoms with Gasteiger partial charge >= 0.3 is 7.12 Å². The van der Waals surface area contributed by atoms with Gasteiger partial charge in [-0.3, -0.25) is 0 Å². The molecule has 1 aromatic heterocycles. The fraction of sp³-hybridized carbons (Fsp3) is 0.450. The molecule has 1 fully saturated rings. The van der Waals surface area contributed by atoms with Crippen LogP contribution >= 0.6 is 11.3 Å². The van der Waals surface area contributed by atoms with Crippen molar-refractivity contribution < 1.29 is 14.4 Å². The molecule has 1 aromatic carbocycles. The van der Waals surface area contributed by atoms with Gasteiger partial charge in [-0.25, -0.2) is 4.98 Å². The number of aliphatic hydroxyl groups is 1. The van der Waals surface area contributed by atoms with Crippen molar-refractivity contribution in [1.82, 2.24) is 4.98 Å². The fourth-order valence-corrected chi connectivity index (χ4v) is 3.58. The molecule has 2 aromatic rings. The quantitative estimate of drug-likeness (QED) is 0.653. The van der Waals surface area contributed by atoms with Crippen molar-refractivity contribution in [3.63, 3.8) is 0 Å². The number of hydrogen-bond donors (Lipinski definition) is 1. The third kappa shape index (κ3) is 3.58. The number of thiazole rings is 1. The van der Waals surface area contributed by atoms with Gasteiger partial charge in [-0.2, -0.15) is 0 Å². The van der Waals surface area contributed by atoms with Gasteiger partial charge in [0.15, 0.2) is 5.60 Å². The van der Waals surface area contributed by atoms with Gasteiger partial charge in [0.25, 0.3) is 0 Å². The molecule has 136 valence electrons. The lowest BCUT2D eigenvalue weighted by molar-refractivity contribution is 0.00578. The minimum Gasteiger partial charge on any atom is -0.399 e. The maximum absolute atomic E-state index is 10.7. The molecule has 26 heavy (non-hydrogen) atoms. The Hall–Kier alpha value is -1.65. The van der Waals surface area contributed by atoms with Crippen molar-refractivity contribution in [1.29, 1.82) is 0 Å². The monoisotopic (exact) mass is 369 g/mol. The van der Waals surface area contributed by atoms with Crippen LogP contribution in [0, 0.1) is 18.8 Å². The average molecular weight is 369 g/mol. The number of nitrogens with zero attached hydrogens (tertiary/aromatic N) is 1. The first-order valence-corrected chi connectivity index (χ1v) is 9.51. The number of aromatic nitrogens is 1. The summed E-state index contributed by atoms with van der Waals surface area (Å²) in [4.78, 5) is 4.96. The van der Waals surface area contributed by atoms with Crippen molar-refractivity contribution in [3.05, 3.63) is 45.9 Å². The lowest BCUT2D eigenvalue weighted by atomic mass is 9.78. The summed E-state index contributed by atoms with van der Waals surface area (Å²) in [5.41, 5.74) is 2.26. The van der Waals surface area contributed by atoms with E-state index >= 15 is 0 Å². The summed E-state index contributed by atoms with van der Waals surface area (Å²) in [6.07, 6.45) is 0. The standard InChI is InChI=1S/C20H24BNO3S/c1-14-17(26-13-22-14)20(6,23)11-10-15-8-7-9-16(12-15)21-24-18(2,3)19(4,5)25-21/h7-9,12-13,23H,1-6H3/t20-/m0/s1. The molecule has 1 aliphatic heterocycles. The predicted octanol–water partition coefficient (Wildman–Crippen LogP) is 3.01. The Morgan fingerprint density at radius 3 is 2.42 bits per heavy atom. The molecule has 0 bridgehead atoms. The minimum atomic E-state index is -1.23. The van der Waals surface area contributed by atoms with Gasteiger partial charge in [-0.15, -0.1) is 11.3 Å². The van der Waals surface area contributed by atoms with E-state index in [0.717, 1.165) is 21.6 Å². The lowest BCUT2D eigenvalue weighted by Crippen LogP contribution is -2.41. The SMILES string of the molecule is Cc1ncsc1[C@@](C)(O)C#Cc1cccc(B2OC(C)(C)C(C)(C)O2)c1. The van der Waals surface area contributed by atoms with Gasteiger partial charge in [-0.05, 0) is 59.1 Å².